The van der Waals surface area contributed by atoms with Gasteiger partial charge in [0, 0.05) is 36.0 Å². The van der Waals surface area contributed by atoms with Crippen LogP contribution in [-0.2, 0) is 11.2 Å². The lowest BCUT2D eigenvalue weighted by molar-refractivity contribution is -0.131. The molecule has 1 heterocycles. The molecule has 0 saturated heterocycles. The minimum absolute atomic E-state index is 0.231. The Bertz CT molecular complexity index is 921. The summed E-state index contributed by atoms with van der Waals surface area (Å²) >= 11 is 0. The zero-order valence-electron chi connectivity index (χ0n) is 14.9. The lowest BCUT2D eigenvalue weighted by atomic mass is 9.72. The van der Waals surface area contributed by atoms with Crippen molar-refractivity contribution in [3.63, 3.8) is 0 Å². The number of para-hydroxylation sites is 1. The van der Waals surface area contributed by atoms with Crippen LogP contribution in [0.15, 0.2) is 48.5 Å². The van der Waals surface area contributed by atoms with Crippen LogP contribution in [0.1, 0.15) is 37.3 Å². The van der Waals surface area contributed by atoms with E-state index in [2.05, 4.69) is 67.4 Å². The molecule has 3 aromatic rings. The SMILES string of the molecule is CCN(CC)[11C](=O)CC1Cc2ccccc2-c2[nH]c3ccccc3c21. The van der Waals surface area contributed by atoms with Crippen LogP contribution >= 0.6 is 0 Å². The molecule has 25 heavy (non-hydrogen) atoms. The zero-order valence-corrected chi connectivity index (χ0v) is 14.9. The number of aromatic amines is 1. The number of nitrogens with zero attached hydrogens (tertiary/aromatic N) is 1. The monoisotopic (exact) mass is 331 g/mol. The first-order valence-electron chi connectivity index (χ1n) is 9.19. The van der Waals surface area contributed by atoms with Crippen LogP contribution in [0.3, 0.4) is 0 Å². The van der Waals surface area contributed by atoms with E-state index < -0.39 is 0 Å². The summed E-state index contributed by atoms with van der Waals surface area (Å²) in [6.45, 7) is 5.65. The average molecular weight is 331 g/mol. The van der Waals surface area contributed by atoms with E-state index in [-0.39, 0.29) is 11.8 Å². The molecule has 4 rings (SSSR count). The number of nitrogens with one attached hydrogen (secondary N) is 1. The summed E-state index contributed by atoms with van der Waals surface area (Å²) in [5, 5.41) is 1.25. The standard InChI is InChI=1S/C22H24N2O/c1-3-24(4-2)20(25)14-16-13-15-9-5-6-10-17(15)22-21(16)18-11-7-8-12-19(18)23-22/h5-12,16,23H,3-4,13-14H2,1-2H3/i20-1. The Morgan fingerprint density at radius 1 is 1.08 bits per heavy atom. The van der Waals surface area contributed by atoms with Crippen LogP contribution in [0.25, 0.3) is 22.2 Å². The number of rotatable bonds is 4. The highest BCUT2D eigenvalue weighted by molar-refractivity contribution is 5.94. The second-order valence-corrected chi connectivity index (χ2v) is 6.79. The molecule has 1 N–H and O–H groups in total. The molecule has 0 spiro atoms. The molecule has 0 bridgehead atoms. The molecular weight excluding hydrogens is 307 g/mol. The molecule has 128 valence electrons. The van der Waals surface area contributed by atoms with Gasteiger partial charge in [0.05, 0.1) is 5.69 Å². The van der Waals surface area contributed by atoms with Gasteiger partial charge >= 0.3 is 0 Å². The van der Waals surface area contributed by atoms with Crippen molar-refractivity contribution in [3.8, 4) is 11.3 Å². The molecule has 0 fully saturated rings. The number of fused-ring (bicyclic) bond motifs is 5. The van der Waals surface area contributed by atoms with Gasteiger partial charge in [-0.3, -0.25) is 4.79 Å². The van der Waals surface area contributed by atoms with Crippen molar-refractivity contribution in [3.05, 3.63) is 59.7 Å². The molecule has 1 atom stereocenters. The second-order valence-electron chi connectivity index (χ2n) is 6.79. The van der Waals surface area contributed by atoms with E-state index in [1.165, 1.54) is 27.8 Å². The van der Waals surface area contributed by atoms with Gasteiger partial charge in [-0.2, -0.15) is 0 Å². The fourth-order valence-corrected chi connectivity index (χ4v) is 4.20. The maximum absolute atomic E-state index is 12.8. The van der Waals surface area contributed by atoms with Crippen LogP contribution in [-0.4, -0.2) is 28.9 Å². The van der Waals surface area contributed by atoms with Crippen LogP contribution < -0.4 is 0 Å². The maximum Gasteiger partial charge on any atom is 0.223 e. The highest BCUT2D eigenvalue weighted by atomic mass is 16.1. The van der Waals surface area contributed by atoms with E-state index in [4.69, 9.17) is 0 Å². The number of carbonyl (C=O) groups excluding carboxylic acids is 1. The van der Waals surface area contributed by atoms with Crippen molar-refractivity contribution < 1.29 is 4.79 Å². The Morgan fingerprint density at radius 2 is 1.80 bits per heavy atom. The van der Waals surface area contributed by atoms with Gasteiger partial charge < -0.3 is 9.88 Å². The molecule has 1 aromatic heterocycles. The first kappa shape index (κ1) is 15.9. The molecule has 0 saturated carbocycles. The largest absolute Gasteiger partial charge is 0.354 e. The minimum atomic E-state index is 0.231. The molecule has 3 heteroatoms. The van der Waals surface area contributed by atoms with Crippen LogP contribution in [0.2, 0.25) is 0 Å². The van der Waals surface area contributed by atoms with Crippen molar-refractivity contribution in [2.45, 2.75) is 32.6 Å². The van der Waals surface area contributed by atoms with Gasteiger partial charge in [0.2, 0.25) is 5.91 Å². The van der Waals surface area contributed by atoms with Gasteiger partial charge in [-0.1, -0.05) is 42.5 Å². The number of carbonyl (C=O) groups is 1. The Balaban J connectivity index is 1.82. The van der Waals surface area contributed by atoms with Crippen molar-refractivity contribution in [1.82, 2.24) is 9.88 Å². The quantitative estimate of drug-likeness (QED) is 0.737. The van der Waals surface area contributed by atoms with Gasteiger partial charge in [0.15, 0.2) is 0 Å². The fourth-order valence-electron chi connectivity index (χ4n) is 4.20. The Hall–Kier alpha value is -2.55. The van der Waals surface area contributed by atoms with Crippen molar-refractivity contribution in [1.29, 1.82) is 0 Å². The smallest absolute Gasteiger partial charge is 0.223 e. The molecule has 1 aliphatic rings. The van der Waals surface area contributed by atoms with Crippen LogP contribution in [0, 0.1) is 0 Å². The number of benzene rings is 2. The van der Waals surface area contributed by atoms with E-state index in [9.17, 15) is 4.79 Å². The van der Waals surface area contributed by atoms with E-state index in [1.807, 2.05) is 4.90 Å². The number of hydrogen-bond acceptors (Lipinski definition) is 1. The van der Waals surface area contributed by atoms with E-state index in [1.54, 1.807) is 0 Å². The first-order valence-corrected chi connectivity index (χ1v) is 9.19. The third kappa shape index (κ3) is 2.64. The number of H-pyrrole nitrogens is 1. The van der Waals surface area contributed by atoms with Crippen LogP contribution in [0.5, 0.6) is 0 Å². The van der Waals surface area contributed by atoms with Crippen molar-refractivity contribution in [2.75, 3.05) is 13.1 Å². The second kappa shape index (κ2) is 6.40. The summed E-state index contributed by atoms with van der Waals surface area (Å²) in [6.07, 6.45) is 1.50. The predicted octanol–water partition coefficient (Wildman–Crippen LogP) is 4.73. The molecule has 2 aromatic carbocycles. The third-order valence-corrected chi connectivity index (χ3v) is 5.44. The van der Waals surface area contributed by atoms with Gasteiger partial charge in [0.25, 0.3) is 0 Å². The van der Waals surface area contributed by atoms with Crippen molar-refractivity contribution in [2.24, 2.45) is 0 Å². The number of hydrogen-bond donors (Lipinski definition) is 1. The van der Waals surface area contributed by atoms with Crippen LogP contribution in [0.4, 0.5) is 0 Å². The van der Waals surface area contributed by atoms with Gasteiger partial charge in [-0.25, -0.2) is 0 Å². The molecule has 0 radical (unpaired) electrons. The topological polar surface area (TPSA) is 36.1 Å². The number of aromatic nitrogens is 1. The van der Waals surface area contributed by atoms with E-state index in [0.717, 1.165) is 25.0 Å². The summed E-state index contributed by atoms with van der Waals surface area (Å²) < 4.78 is 0. The maximum atomic E-state index is 12.8. The molecule has 1 aliphatic carbocycles. The van der Waals surface area contributed by atoms with E-state index in [0.29, 0.717) is 6.42 Å². The lowest BCUT2D eigenvalue weighted by Gasteiger charge is -2.27. The lowest BCUT2D eigenvalue weighted by Crippen LogP contribution is -2.32. The molecule has 1 amide bonds. The van der Waals surface area contributed by atoms with Gasteiger partial charge in [0.1, 0.15) is 0 Å². The average Bonchev–Trinajstić information content (AvgIpc) is 3.03. The summed E-state index contributed by atoms with van der Waals surface area (Å²) in [7, 11) is 0. The summed E-state index contributed by atoms with van der Waals surface area (Å²) in [5.74, 6) is 0.486. The van der Waals surface area contributed by atoms with Gasteiger partial charge in [-0.15, -0.1) is 0 Å². The molecule has 3 nitrogen and oxygen atoms in total. The number of amides is 1. The predicted molar refractivity (Wildman–Crippen MR) is 103 cm³/mol. The third-order valence-electron chi connectivity index (χ3n) is 5.44. The first-order chi connectivity index (χ1) is 12.2. The highest BCUT2D eigenvalue weighted by Crippen LogP contribution is 2.44. The Morgan fingerprint density at radius 3 is 2.60 bits per heavy atom. The minimum Gasteiger partial charge on any atom is -0.354 e. The normalized spacial score (nSPS) is 15.7. The Kier molecular flexibility index (Phi) is 4.08. The van der Waals surface area contributed by atoms with Gasteiger partial charge in [-0.05, 0) is 43.4 Å². The van der Waals surface area contributed by atoms with E-state index >= 15 is 0 Å². The summed E-state index contributed by atoms with van der Waals surface area (Å²) in [5.41, 5.74) is 6.28. The highest BCUT2D eigenvalue weighted by Gasteiger charge is 2.30. The molecule has 1 unspecified atom stereocenters. The summed E-state index contributed by atoms with van der Waals surface area (Å²) in [6, 6.07) is 17.0. The Labute approximate surface area is 148 Å². The molecular formula is C22H24N2O. The fraction of sp³-hybridized carbons (Fsp3) is 0.318. The molecule has 0 aliphatic heterocycles. The summed E-state index contributed by atoms with van der Waals surface area (Å²) in [4.78, 5) is 18.3. The zero-order chi connectivity index (χ0) is 17.4. The van der Waals surface area contributed by atoms with Crippen molar-refractivity contribution >= 4 is 16.8 Å².